The van der Waals surface area contributed by atoms with Gasteiger partial charge in [0.05, 0.1) is 12.5 Å². The van der Waals surface area contributed by atoms with Crippen LogP contribution < -0.4 is 4.72 Å². The monoisotopic (exact) mass is 231 g/mol. The summed E-state index contributed by atoms with van der Waals surface area (Å²) in [5.41, 5.74) is 0. The molecule has 0 aromatic heterocycles. The van der Waals surface area contributed by atoms with Gasteiger partial charge in [0.15, 0.2) is 0 Å². The van der Waals surface area contributed by atoms with Crippen LogP contribution in [0.15, 0.2) is 0 Å². The topological polar surface area (TPSA) is 35.1 Å². The van der Waals surface area contributed by atoms with Gasteiger partial charge in [0, 0.05) is 11.4 Å². The summed E-state index contributed by atoms with van der Waals surface area (Å²) >= 11 is -1.45. The van der Waals surface area contributed by atoms with Crippen molar-refractivity contribution in [2.45, 2.75) is 51.1 Å². The van der Waals surface area contributed by atoms with Gasteiger partial charge in [-0.3, -0.25) is 0 Å². The maximum absolute atomic E-state index is 11.9. The van der Waals surface area contributed by atoms with Gasteiger partial charge in [0.2, 0.25) is 0 Å². The first-order valence-corrected chi connectivity index (χ1v) is 5.42. The van der Waals surface area contributed by atoms with Crippen LogP contribution in [0.2, 0.25) is 0 Å². The highest BCUT2D eigenvalue weighted by molar-refractivity contribution is 7.90. The molecule has 0 fully saturated rings. The second-order valence-electron chi connectivity index (χ2n) is 4.22. The van der Waals surface area contributed by atoms with E-state index in [9.17, 15) is 17.7 Å². The Morgan fingerprint density at radius 1 is 1.29 bits per heavy atom. The SMILES string of the molecule is CC(CC(F)(F)F)N[S+]([O-])C(C)(C)C. The third-order valence-corrected chi connectivity index (χ3v) is 3.13. The maximum Gasteiger partial charge on any atom is 0.390 e. The average Bonchev–Trinajstić information content (AvgIpc) is 1.79. The molecule has 0 aromatic rings. The Morgan fingerprint density at radius 2 is 1.71 bits per heavy atom. The molecule has 0 rings (SSSR count). The maximum atomic E-state index is 11.9. The summed E-state index contributed by atoms with van der Waals surface area (Å²) in [5, 5.41) is 0. The van der Waals surface area contributed by atoms with Crippen molar-refractivity contribution < 1.29 is 17.7 Å². The molecule has 0 saturated carbocycles. The Kier molecular flexibility index (Phi) is 4.74. The van der Waals surface area contributed by atoms with Crippen molar-refractivity contribution in [2.24, 2.45) is 0 Å². The zero-order chi connectivity index (χ0) is 11.6. The minimum atomic E-state index is -4.21. The van der Waals surface area contributed by atoms with Gasteiger partial charge in [-0.15, -0.1) is 4.72 Å². The number of alkyl halides is 3. The zero-order valence-corrected chi connectivity index (χ0v) is 9.55. The van der Waals surface area contributed by atoms with Crippen molar-refractivity contribution >= 4 is 11.4 Å². The lowest BCUT2D eigenvalue weighted by Gasteiger charge is -2.26. The Bertz CT molecular complexity index is 178. The van der Waals surface area contributed by atoms with E-state index in [1.807, 2.05) is 0 Å². The van der Waals surface area contributed by atoms with Crippen LogP contribution in [0.5, 0.6) is 0 Å². The van der Waals surface area contributed by atoms with E-state index in [1.54, 1.807) is 20.8 Å². The van der Waals surface area contributed by atoms with Gasteiger partial charge in [-0.2, -0.15) is 13.2 Å². The van der Waals surface area contributed by atoms with Crippen LogP contribution in [0.3, 0.4) is 0 Å². The Hall–Kier alpha value is 0.0600. The standard InChI is InChI=1S/C8H16F3NOS/c1-6(5-8(9,10)11)12-14(13)7(2,3)4/h6,12H,5H2,1-4H3. The summed E-state index contributed by atoms with van der Waals surface area (Å²) in [6, 6.07) is -0.824. The van der Waals surface area contributed by atoms with Gasteiger partial charge in [0.1, 0.15) is 4.75 Å². The minimum absolute atomic E-state index is 0.542. The van der Waals surface area contributed by atoms with Crippen LogP contribution in [-0.4, -0.2) is 21.5 Å². The first-order valence-electron chi connectivity index (χ1n) is 4.27. The normalized spacial score (nSPS) is 18.0. The molecular formula is C8H16F3NOS. The Labute approximate surface area is 85.6 Å². The van der Waals surface area contributed by atoms with Crippen molar-refractivity contribution in [2.75, 3.05) is 0 Å². The molecule has 0 radical (unpaired) electrons. The molecule has 14 heavy (non-hydrogen) atoms. The van der Waals surface area contributed by atoms with Gasteiger partial charge >= 0.3 is 6.18 Å². The lowest BCUT2D eigenvalue weighted by molar-refractivity contribution is -0.137. The zero-order valence-electron chi connectivity index (χ0n) is 8.73. The van der Waals surface area contributed by atoms with Crippen molar-refractivity contribution in [3.63, 3.8) is 0 Å². The van der Waals surface area contributed by atoms with Gasteiger partial charge < -0.3 is 4.55 Å². The summed E-state index contributed by atoms with van der Waals surface area (Å²) in [7, 11) is 0. The molecule has 0 bridgehead atoms. The van der Waals surface area contributed by atoms with Crippen molar-refractivity contribution in [3.05, 3.63) is 0 Å². The molecule has 0 aliphatic heterocycles. The van der Waals surface area contributed by atoms with E-state index >= 15 is 0 Å². The van der Waals surface area contributed by atoms with Crippen molar-refractivity contribution in [3.8, 4) is 0 Å². The van der Waals surface area contributed by atoms with Gasteiger partial charge in [0.25, 0.3) is 0 Å². The Balaban J connectivity index is 4.01. The average molecular weight is 231 g/mol. The van der Waals surface area contributed by atoms with Crippen LogP contribution in [0.25, 0.3) is 0 Å². The molecule has 2 unspecified atom stereocenters. The smallest absolute Gasteiger partial charge is 0.390 e. The van der Waals surface area contributed by atoms with E-state index in [0.29, 0.717) is 0 Å². The fraction of sp³-hybridized carbons (Fsp3) is 1.00. The molecule has 0 aliphatic carbocycles. The molecule has 1 N–H and O–H groups in total. The predicted molar refractivity (Wildman–Crippen MR) is 51.2 cm³/mol. The van der Waals surface area contributed by atoms with Gasteiger partial charge in [-0.1, -0.05) is 0 Å². The molecular weight excluding hydrogens is 215 g/mol. The van der Waals surface area contributed by atoms with E-state index in [2.05, 4.69) is 4.72 Å². The number of hydrogen-bond acceptors (Lipinski definition) is 2. The van der Waals surface area contributed by atoms with Crippen LogP contribution in [-0.2, 0) is 11.4 Å². The lowest BCUT2D eigenvalue weighted by Crippen LogP contribution is -2.44. The van der Waals surface area contributed by atoms with Crippen LogP contribution in [0.4, 0.5) is 13.2 Å². The summed E-state index contributed by atoms with van der Waals surface area (Å²) in [4.78, 5) is 0. The van der Waals surface area contributed by atoms with E-state index in [-0.39, 0.29) is 0 Å². The molecule has 0 spiro atoms. The predicted octanol–water partition coefficient (Wildman–Crippen LogP) is 2.38. The third-order valence-electron chi connectivity index (χ3n) is 1.40. The van der Waals surface area contributed by atoms with Crippen molar-refractivity contribution in [1.82, 2.24) is 4.72 Å². The summed E-state index contributed by atoms with van der Waals surface area (Å²) in [6.45, 7) is 6.49. The molecule has 2 nitrogen and oxygen atoms in total. The highest BCUT2D eigenvalue weighted by Crippen LogP contribution is 2.22. The van der Waals surface area contributed by atoms with E-state index in [1.165, 1.54) is 6.92 Å². The lowest BCUT2D eigenvalue weighted by atomic mass is 10.2. The van der Waals surface area contributed by atoms with Gasteiger partial charge in [-0.25, -0.2) is 0 Å². The molecule has 0 amide bonds. The molecule has 0 aliphatic rings. The minimum Gasteiger partial charge on any atom is -0.598 e. The Morgan fingerprint density at radius 3 is 2.00 bits per heavy atom. The number of halogens is 3. The summed E-state index contributed by atoms with van der Waals surface area (Å²) in [6.07, 6.45) is -5.18. The number of rotatable bonds is 3. The van der Waals surface area contributed by atoms with Gasteiger partial charge in [-0.05, 0) is 27.7 Å². The summed E-state index contributed by atoms with van der Waals surface area (Å²) < 4.78 is 49.0. The van der Waals surface area contributed by atoms with E-state index in [0.717, 1.165) is 0 Å². The first kappa shape index (κ1) is 14.1. The second-order valence-corrected chi connectivity index (χ2v) is 6.22. The van der Waals surface area contributed by atoms with Crippen LogP contribution in [0.1, 0.15) is 34.1 Å². The highest BCUT2D eigenvalue weighted by Gasteiger charge is 2.34. The van der Waals surface area contributed by atoms with E-state index in [4.69, 9.17) is 0 Å². The molecule has 0 saturated heterocycles. The van der Waals surface area contributed by atoms with Crippen LogP contribution >= 0.6 is 0 Å². The number of nitrogens with one attached hydrogen (secondary N) is 1. The fourth-order valence-corrected chi connectivity index (χ4v) is 1.55. The highest BCUT2D eigenvalue weighted by atomic mass is 32.2. The first-order chi connectivity index (χ1) is 6.02. The molecule has 0 heterocycles. The number of hydrogen-bond donors (Lipinski definition) is 1. The molecule has 86 valence electrons. The fourth-order valence-electron chi connectivity index (χ4n) is 0.748. The second kappa shape index (κ2) is 4.72. The molecule has 2 atom stereocenters. The summed E-state index contributed by atoms with van der Waals surface area (Å²) in [5.74, 6) is 0. The quantitative estimate of drug-likeness (QED) is 0.757. The molecule has 0 aromatic carbocycles. The third kappa shape index (κ3) is 6.50. The van der Waals surface area contributed by atoms with Crippen LogP contribution in [0, 0.1) is 0 Å². The molecule has 6 heteroatoms. The van der Waals surface area contributed by atoms with Crippen molar-refractivity contribution in [1.29, 1.82) is 0 Å². The van der Waals surface area contributed by atoms with E-state index < -0.39 is 34.7 Å². The largest absolute Gasteiger partial charge is 0.598 e.